The molecule has 4 rings (SSSR count). The summed E-state index contributed by atoms with van der Waals surface area (Å²) < 4.78 is 0. The average Bonchev–Trinajstić information content (AvgIpc) is 3.08. The summed E-state index contributed by atoms with van der Waals surface area (Å²) in [6.07, 6.45) is 8.68. The maximum atomic E-state index is 13.2. The molecule has 4 aliphatic carbocycles. The molecule has 7 atom stereocenters. The first kappa shape index (κ1) is 21.9. The lowest BCUT2D eigenvalue weighted by Gasteiger charge is -2.58. The Hall–Kier alpha value is -1.32. The third kappa shape index (κ3) is 2.99. The molecule has 3 saturated carbocycles. The molecule has 2 N–H and O–H groups in total. The summed E-state index contributed by atoms with van der Waals surface area (Å²) >= 11 is 0. The summed E-state index contributed by atoms with van der Waals surface area (Å²) in [4.78, 5) is 27.4. The third-order valence-corrected chi connectivity index (χ3v) is 10.3. The molecule has 1 unspecified atom stereocenters. The summed E-state index contributed by atoms with van der Waals surface area (Å²) in [5.41, 5.74) is 8.58. The van der Waals surface area contributed by atoms with Crippen molar-refractivity contribution in [1.82, 2.24) is 4.90 Å². The molecule has 0 heterocycles. The zero-order valence-electron chi connectivity index (χ0n) is 19.8. The van der Waals surface area contributed by atoms with Gasteiger partial charge in [-0.05, 0) is 98.9 Å². The first-order chi connectivity index (χ1) is 14.2. The Morgan fingerprint density at radius 2 is 1.77 bits per heavy atom. The molecular formula is C26H42N2O2. The molecule has 0 aromatic carbocycles. The highest BCUT2D eigenvalue weighted by Crippen LogP contribution is 2.67. The van der Waals surface area contributed by atoms with E-state index in [1.54, 1.807) is 0 Å². The zero-order valence-corrected chi connectivity index (χ0v) is 19.8. The van der Waals surface area contributed by atoms with Crippen molar-refractivity contribution in [3.8, 4) is 0 Å². The monoisotopic (exact) mass is 414 g/mol. The number of nitrogens with two attached hydrogens (primary N) is 1. The van der Waals surface area contributed by atoms with Gasteiger partial charge in [0.15, 0.2) is 5.78 Å². The number of rotatable bonds is 4. The van der Waals surface area contributed by atoms with Crippen LogP contribution in [0.15, 0.2) is 11.3 Å². The minimum absolute atomic E-state index is 0.114. The van der Waals surface area contributed by atoms with Crippen LogP contribution >= 0.6 is 0 Å². The van der Waals surface area contributed by atoms with Crippen LogP contribution in [0, 0.1) is 40.4 Å². The smallest absolute Gasteiger partial charge is 0.225 e. The summed E-state index contributed by atoms with van der Waals surface area (Å²) in [6.45, 7) is 12.9. The first-order valence-electron chi connectivity index (χ1n) is 12.5. The Labute approximate surface area is 183 Å². The lowest BCUT2D eigenvalue weighted by Crippen LogP contribution is -2.52. The molecule has 30 heavy (non-hydrogen) atoms. The van der Waals surface area contributed by atoms with Gasteiger partial charge in [0.05, 0.1) is 5.70 Å². The van der Waals surface area contributed by atoms with E-state index in [1.165, 1.54) is 37.7 Å². The number of Topliss-reactive ketones (excluding diaryl/α,β-unsaturated/α-hetero) is 1. The van der Waals surface area contributed by atoms with Crippen LogP contribution in [0.25, 0.3) is 0 Å². The van der Waals surface area contributed by atoms with Crippen LogP contribution in [0.3, 0.4) is 0 Å². The Morgan fingerprint density at radius 3 is 2.43 bits per heavy atom. The van der Waals surface area contributed by atoms with E-state index in [0.29, 0.717) is 35.8 Å². The highest BCUT2D eigenvalue weighted by Gasteiger charge is 2.60. The van der Waals surface area contributed by atoms with Crippen molar-refractivity contribution >= 4 is 11.7 Å². The lowest BCUT2D eigenvalue weighted by molar-refractivity contribution is -0.139. The topological polar surface area (TPSA) is 63.4 Å². The fraction of sp³-hybridized carbons (Fsp3) is 0.846. The van der Waals surface area contributed by atoms with Crippen molar-refractivity contribution in [1.29, 1.82) is 0 Å². The minimum Gasteiger partial charge on any atom is -0.396 e. The Bertz CT molecular complexity index is 754. The van der Waals surface area contributed by atoms with Crippen LogP contribution in [0.1, 0.15) is 86.0 Å². The summed E-state index contributed by atoms with van der Waals surface area (Å²) in [7, 11) is 0. The molecule has 4 heteroatoms. The predicted molar refractivity (Wildman–Crippen MR) is 120 cm³/mol. The maximum Gasteiger partial charge on any atom is 0.225 e. The van der Waals surface area contributed by atoms with E-state index in [2.05, 4.69) is 34.6 Å². The van der Waals surface area contributed by atoms with Gasteiger partial charge in [-0.15, -0.1) is 0 Å². The van der Waals surface area contributed by atoms with E-state index in [0.717, 1.165) is 31.8 Å². The Morgan fingerprint density at radius 1 is 1.07 bits per heavy atom. The number of fused-ring (bicyclic) bond motifs is 5. The number of carbonyl (C=O) groups excluding carboxylic acids is 2. The van der Waals surface area contributed by atoms with Crippen LogP contribution in [0.4, 0.5) is 0 Å². The van der Waals surface area contributed by atoms with Gasteiger partial charge in [0.25, 0.3) is 0 Å². The second kappa shape index (κ2) is 7.67. The number of allylic oxidation sites excluding steroid dienone is 1. The van der Waals surface area contributed by atoms with Crippen molar-refractivity contribution < 1.29 is 9.59 Å². The van der Waals surface area contributed by atoms with Gasteiger partial charge in [-0.2, -0.15) is 0 Å². The molecule has 0 aromatic heterocycles. The summed E-state index contributed by atoms with van der Waals surface area (Å²) in [5.74, 6) is 3.23. The lowest BCUT2D eigenvalue weighted by atomic mass is 9.46. The van der Waals surface area contributed by atoms with E-state index in [4.69, 9.17) is 5.73 Å². The van der Waals surface area contributed by atoms with Crippen molar-refractivity contribution in [2.24, 2.45) is 46.2 Å². The normalized spacial score (nSPS) is 41.7. The number of nitrogens with zero attached hydrogens (tertiary/aromatic N) is 1. The molecule has 3 fully saturated rings. The summed E-state index contributed by atoms with van der Waals surface area (Å²) in [5, 5.41) is 0. The van der Waals surface area contributed by atoms with Gasteiger partial charge in [-0.3, -0.25) is 9.59 Å². The van der Waals surface area contributed by atoms with Gasteiger partial charge in [0.1, 0.15) is 0 Å². The largest absolute Gasteiger partial charge is 0.396 e. The minimum atomic E-state index is 0.114. The number of hydrogen-bond donors (Lipinski definition) is 1. The van der Waals surface area contributed by atoms with E-state index >= 15 is 0 Å². The molecule has 1 amide bonds. The van der Waals surface area contributed by atoms with Crippen LogP contribution in [0.5, 0.6) is 0 Å². The third-order valence-electron chi connectivity index (χ3n) is 10.3. The molecular weight excluding hydrogens is 372 g/mol. The van der Waals surface area contributed by atoms with Crippen LogP contribution in [-0.4, -0.2) is 29.7 Å². The molecule has 4 nitrogen and oxygen atoms in total. The first-order valence-corrected chi connectivity index (χ1v) is 12.5. The van der Waals surface area contributed by atoms with Crippen LogP contribution in [-0.2, 0) is 9.59 Å². The fourth-order valence-corrected chi connectivity index (χ4v) is 8.61. The fourth-order valence-electron chi connectivity index (χ4n) is 8.61. The molecule has 4 aliphatic rings. The highest BCUT2D eigenvalue weighted by molar-refractivity contribution is 5.96. The van der Waals surface area contributed by atoms with Crippen LogP contribution in [0.2, 0.25) is 0 Å². The average molecular weight is 415 g/mol. The van der Waals surface area contributed by atoms with Gasteiger partial charge in [-0.1, -0.05) is 20.8 Å². The molecule has 0 bridgehead atoms. The van der Waals surface area contributed by atoms with E-state index in [1.807, 2.05) is 4.90 Å². The molecule has 0 aliphatic heterocycles. The van der Waals surface area contributed by atoms with Crippen LogP contribution < -0.4 is 5.73 Å². The second-order valence-electron chi connectivity index (χ2n) is 11.2. The van der Waals surface area contributed by atoms with Gasteiger partial charge in [0, 0.05) is 25.4 Å². The van der Waals surface area contributed by atoms with E-state index < -0.39 is 0 Å². The zero-order chi connectivity index (χ0) is 21.8. The Kier molecular flexibility index (Phi) is 5.60. The van der Waals surface area contributed by atoms with Crippen molar-refractivity contribution in [3.05, 3.63) is 11.3 Å². The van der Waals surface area contributed by atoms with Gasteiger partial charge in [-0.25, -0.2) is 0 Å². The van der Waals surface area contributed by atoms with E-state index in [-0.39, 0.29) is 22.5 Å². The maximum absolute atomic E-state index is 13.2. The van der Waals surface area contributed by atoms with Gasteiger partial charge >= 0.3 is 0 Å². The second-order valence-corrected chi connectivity index (χ2v) is 11.2. The molecule has 0 saturated heterocycles. The van der Waals surface area contributed by atoms with Crippen molar-refractivity contribution in [2.75, 3.05) is 13.1 Å². The number of hydrogen-bond acceptors (Lipinski definition) is 3. The summed E-state index contributed by atoms with van der Waals surface area (Å²) in [6, 6.07) is 0. The Balaban J connectivity index is 1.59. The molecule has 0 aromatic rings. The van der Waals surface area contributed by atoms with E-state index in [9.17, 15) is 9.59 Å². The van der Waals surface area contributed by atoms with Gasteiger partial charge in [0.2, 0.25) is 5.91 Å². The SMILES string of the molecule is CCN(CC)C(=O)C(C)[C@H]1CC[C@H]2[C@@H]3CCC4=C(N)C(=O)CC[C@]4(C)[C@H]3CC[C@]12C. The number of ketones is 1. The number of amides is 1. The quantitative estimate of drug-likeness (QED) is 0.710. The molecule has 0 spiro atoms. The predicted octanol–water partition coefficient (Wildman–Crippen LogP) is 4.93. The highest BCUT2D eigenvalue weighted by atomic mass is 16.2. The standard InChI is InChI=1S/C26H42N2O2/c1-6-28(7-2)24(30)16(3)18-10-11-19-17-8-9-21-23(27)22(29)13-15-26(21,5)20(17)12-14-25(18,19)4/h16-20H,6-15,27H2,1-5H3/t16?,17-,18+,19-,20-,25+,26+/m0/s1. The van der Waals surface area contributed by atoms with Crippen molar-refractivity contribution in [2.45, 2.75) is 86.0 Å². The van der Waals surface area contributed by atoms with Crippen molar-refractivity contribution in [3.63, 3.8) is 0 Å². The molecule has 0 radical (unpaired) electrons. The number of carbonyl (C=O) groups is 2. The van der Waals surface area contributed by atoms with Gasteiger partial charge < -0.3 is 10.6 Å². The molecule has 168 valence electrons.